The predicted octanol–water partition coefficient (Wildman–Crippen LogP) is 1.05. The predicted molar refractivity (Wildman–Crippen MR) is 52.7 cm³/mol. The molecular formula is C8H14N2OS. The molecule has 0 aromatic carbocycles. The molecule has 1 amide bonds. The molecule has 12 heavy (non-hydrogen) atoms. The summed E-state index contributed by atoms with van der Waals surface area (Å²) in [4.78, 5) is 15.5. The number of amides is 1. The monoisotopic (exact) mass is 186 g/mol. The van der Waals surface area contributed by atoms with Crippen LogP contribution in [0.15, 0.2) is 4.99 Å². The number of carbonyl (C=O) groups excluding carboxylic acids is 1. The van der Waals surface area contributed by atoms with Gasteiger partial charge in [-0.1, -0.05) is 13.3 Å². The highest BCUT2D eigenvalue weighted by Crippen LogP contribution is 2.09. The Labute approximate surface area is 77.0 Å². The largest absolute Gasteiger partial charge is 0.312 e. The Morgan fingerprint density at radius 2 is 2.42 bits per heavy atom. The van der Waals surface area contributed by atoms with E-state index in [9.17, 15) is 4.79 Å². The van der Waals surface area contributed by atoms with Crippen LogP contribution < -0.4 is 5.32 Å². The van der Waals surface area contributed by atoms with Gasteiger partial charge < -0.3 is 5.32 Å². The fourth-order valence-electron chi connectivity index (χ4n) is 1.18. The zero-order chi connectivity index (χ0) is 8.97. The van der Waals surface area contributed by atoms with E-state index in [0.717, 1.165) is 24.4 Å². The van der Waals surface area contributed by atoms with Gasteiger partial charge in [0.15, 0.2) is 0 Å². The van der Waals surface area contributed by atoms with Crippen LogP contribution in [0.3, 0.4) is 0 Å². The number of hydrogen-bond acceptors (Lipinski definition) is 3. The maximum absolute atomic E-state index is 11.2. The van der Waals surface area contributed by atoms with Crippen molar-refractivity contribution in [3.8, 4) is 0 Å². The van der Waals surface area contributed by atoms with Gasteiger partial charge in [0.25, 0.3) is 0 Å². The lowest BCUT2D eigenvalue weighted by Gasteiger charge is -1.99. The van der Waals surface area contributed by atoms with E-state index in [4.69, 9.17) is 0 Å². The van der Waals surface area contributed by atoms with Crippen molar-refractivity contribution in [2.75, 3.05) is 12.0 Å². The molecule has 0 saturated heterocycles. The minimum absolute atomic E-state index is 0.0703. The number of thioether (sulfide) groups is 1. The summed E-state index contributed by atoms with van der Waals surface area (Å²) in [6.07, 6.45) is 3.87. The van der Waals surface area contributed by atoms with Crippen LogP contribution in [0, 0.1) is 0 Å². The molecule has 0 aromatic heterocycles. The highest BCUT2D eigenvalue weighted by Gasteiger charge is 2.24. The SMILES string of the molecule is CCCC1N=C(CSC)NC1=O. The molecule has 1 heterocycles. The van der Waals surface area contributed by atoms with Gasteiger partial charge in [0.1, 0.15) is 11.9 Å². The fourth-order valence-corrected chi connectivity index (χ4v) is 1.60. The lowest BCUT2D eigenvalue weighted by Crippen LogP contribution is -2.29. The molecule has 1 N–H and O–H groups in total. The number of nitrogens with one attached hydrogen (secondary N) is 1. The lowest BCUT2D eigenvalue weighted by molar-refractivity contribution is -0.120. The molecule has 1 unspecified atom stereocenters. The van der Waals surface area contributed by atoms with Gasteiger partial charge in [-0.05, 0) is 12.7 Å². The van der Waals surface area contributed by atoms with Gasteiger partial charge in [-0.2, -0.15) is 11.8 Å². The molecule has 0 saturated carbocycles. The molecule has 4 heteroatoms. The number of nitrogens with zero attached hydrogens (tertiary/aromatic N) is 1. The minimum atomic E-state index is -0.114. The fraction of sp³-hybridized carbons (Fsp3) is 0.750. The molecule has 0 fully saturated rings. The first kappa shape index (κ1) is 9.58. The van der Waals surface area contributed by atoms with Crippen molar-refractivity contribution >= 4 is 23.5 Å². The molecule has 1 aliphatic heterocycles. The summed E-state index contributed by atoms with van der Waals surface area (Å²) in [5, 5.41) is 2.78. The second-order valence-electron chi connectivity index (χ2n) is 2.80. The van der Waals surface area contributed by atoms with Crippen LogP contribution >= 0.6 is 11.8 Å². The van der Waals surface area contributed by atoms with E-state index in [2.05, 4.69) is 17.2 Å². The number of hydrogen-bond donors (Lipinski definition) is 1. The zero-order valence-corrected chi connectivity index (χ0v) is 8.28. The average Bonchev–Trinajstić information content (AvgIpc) is 2.34. The van der Waals surface area contributed by atoms with Crippen molar-refractivity contribution < 1.29 is 4.79 Å². The van der Waals surface area contributed by atoms with Gasteiger partial charge in [0, 0.05) is 0 Å². The third-order valence-corrected chi connectivity index (χ3v) is 2.29. The molecule has 0 spiro atoms. The molecule has 0 bridgehead atoms. The Bertz CT molecular complexity index is 203. The lowest BCUT2D eigenvalue weighted by atomic mass is 10.2. The molecule has 1 rings (SSSR count). The Morgan fingerprint density at radius 1 is 1.67 bits per heavy atom. The minimum Gasteiger partial charge on any atom is -0.312 e. The van der Waals surface area contributed by atoms with E-state index in [1.165, 1.54) is 0 Å². The standard InChI is InChI=1S/C8H14N2OS/c1-3-4-6-8(11)10-7(9-6)5-12-2/h6H,3-5H2,1-2H3,(H,9,10,11). The number of carbonyl (C=O) groups is 1. The van der Waals surface area contributed by atoms with E-state index in [1.54, 1.807) is 11.8 Å². The Hall–Kier alpha value is -0.510. The molecule has 1 aliphatic rings. The summed E-state index contributed by atoms with van der Waals surface area (Å²) in [5.41, 5.74) is 0. The van der Waals surface area contributed by atoms with E-state index in [1.807, 2.05) is 6.26 Å². The van der Waals surface area contributed by atoms with Crippen molar-refractivity contribution in [3.05, 3.63) is 0 Å². The number of rotatable bonds is 4. The van der Waals surface area contributed by atoms with Crippen LogP contribution in [-0.2, 0) is 4.79 Å². The van der Waals surface area contributed by atoms with Crippen molar-refractivity contribution in [1.82, 2.24) is 5.32 Å². The van der Waals surface area contributed by atoms with Gasteiger partial charge in [-0.15, -0.1) is 0 Å². The summed E-state index contributed by atoms with van der Waals surface area (Å²) >= 11 is 1.68. The maximum atomic E-state index is 11.2. The topological polar surface area (TPSA) is 41.5 Å². The first-order chi connectivity index (χ1) is 5.77. The van der Waals surface area contributed by atoms with Crippen molar-refractivity contribution in [1.29, 1.82) is 0 Å². The Morgan fingerprint density at radius 3 is 3.00 bits per heavy atom. The summed E-state index contributed by atoms with van der Waals surface area (Å²) in [6.45, 7) is 2.06. The van der Waals surface area contributed by atoms with Crippen LogP contribution in [0.1, 0.15) is 19.8 Å². The van der Waals surface area contributed by atoms with E-state index in [0.29, 0.717) is 0 Å². The molecule has 0 radical (unpaired) electrons. The highest BCUT2D eigenvalue weighted by atomic mass is 32.2. The van der Waals surface area contributed by atoms with Crippen LogP contribution in [0.4, 0.5) is 0 Å². The van der Waals surface area contributed by atoms with Gasteiger partial charge in [-0.3, -0.25) is 9.79 Å². The normalized spacial score (nSPS) is 22.3. The van der Waals surface area contributed by atoms with Crippen LogP contribution in [0.2, 0.25) is 0 Å². The van der Waals surface area contributed by atoms with Gasteiger partial charge in [0.2, 0.25) is 5.91 Å². The molecule has 3 nitrogen and oxygen atoms in total. The summed E-state index contributed by atoms with van der Waals surface area (Å²) in [5.74, 6) is 1.72. The third-order valence-electron chi connectivity index (χ3n) is 1.72. The van der Waals surface area contributed by atoms with Crippen molar-refractivity contribution in [3.63, 3.8) is 0 Å². The second-order valence-corrected chi connectivity index (χ2v) is 3.67. The zero-order valence-electron chi connectivity index (χ0n) is 7.46. The van der Waals surface area contributed by atoms with Crippen LogP contribution in [0.5, 0.6) is 0 Å². The van der Waals surface area contributed by atoms with E-state index in [-0.39, 0.29) is 11.9 Å². The van der Waals surface area contributed by atoms with E-state index >= 15 is 0 Å². The molecule has 0 aliphatic carbocycles. The van der Waals surface area contributed by atoms with Crippen LogP contribution in [0.25, 0.3) is 0 Å². The number of aliphatic imine (C=N–C) groups is 1. The Balaban J connectivity index is 2.48. The first-order valence-electron chi connectivity index (χ1n) is 4.14. The summed E-state index contributed by atoms with van der Waals surface area (Å²) < 4.78 is 0. The highest BCUT2D eigenvalue weighted by molar-refractivity contribution is 7.99. The van der Waals surface area contributed by atoms with Gasteiger partial charge in [0.05, 0.1) is 5.75 Å². The average molecular weight is 186 g/mol. The number of amidine groups is 1. The molecule has 1 atom stereocenters. The first-order valence-corrected chi connectivity index (χ1v) is 5.53. The Kier molecular flexibility index (Phi) is 3.59. The second kappa shape index (κ2) is 4.50. The van der Waals surface area contributed by atoms with E-state index < -0.39 is 0 Å². The van der Waals surface area contributed by atoms with Gasteiger partial charge >= 0.3 is 0 Å². The quantitative estimate of drug-likeness (QED) is 0.713. The summed E-state index contributed by atoms with van der Waals surface area (Å²) in [7, 11) is 0. The van der Waals surface area contributed by atoms with Crippen molar-refractivity contribution in [2.24, 2.45) is 4.99 Å². The van der Waals surface area contributed by atoms with Gasteiger partial charge in [-0.25, -0.2) is 0 Å². The molecule has 0 aromatic rings. The maximum Gasteiger partial charge on any atom is 0.250 e. The van der Waals surface area contributed by atoms with Crippen molar-refractivity contribution in [2.45, 2.75) is 25.8 Å². The third kappa shape index (κ3) is 2.24. The summed E-state index contributed by atoms with van der Waals surface area (Å²) in [6, 6.07) is -0.114. The molecule has 68 valence electrons. The smallest absolute Gasteiger partial charge is 0.250 e. The molecular weight excluding hydrogens is 172 g/mol. The van der Waals surface area contributed by atoms with Crippen LogP contribution in [-0.4, -0.2) is 29.8 Å².